The Bertz CT molecular complexity index is 698. The van der Waals surface area contributed by atoms with E-state index in [1.165, 1.54) is 7.11 Å². The van der Waals surface area contributed by atoms with E-state index in [0.717, 1.165) is 5.69 Å². The van der Waals surface area contributed by atoms with Gasteiger partial charge in [0.05, 0.1) is 30.9 Å². The fraction of sp³-hybridized carbons (Fsp3) is 0.526. The van der Waals surface area contributed by atoms with Gasteiger partial charge in [-0.2, -0.15) is 0 Å². The number of piperidine rings is 1. The lowest BCUT2D eigenvalue weighted by atomic mass is 9.97. The molecule has 0 saturated carbocycles. The molecule has 140 valence electrons. The number of amides is 2. The molecule has 1 N–H and O–H groups in total. The maximum absolute atomic E-state index is 13.0. The van der Waals surface area contributed by atoms with E-state index in [1.54, 1.807) is 4.90 Å². The van der Waals surface area contributed by atoms with Crippen LogP contribution in [0.2, 0.25) is 0 Å². The van der Waals surface area contributed by atoms with Crippen LogP contribution in [0.25, 0.3) is 0 Å². The number of ether oxygens (including phenoxy) is 1. The zero-order chi connectivity index (χ0) is 18.7. The molecule has 2 aliphatic rings. The summed E-state index contributed by atoms with van der Waals surface area (Å²) < 4.78 is 4.81. The van der Waals surface area contributed by atoms with Gasteiger partial charge in [-0.25, -0.2) is 0 Å². The molecule has 1 saturated heterocycles. The Morgan fingerprint density at radius 3 is 2.62 bits per heavy atom. The minimum atomic E-state index is -0.209. The molecule has 1 fully saturated rings. The number of esters is 1. The first-order chi connectivity index (χ1) is 12.5. The number of fused-ring (bicyclic) bond motifs is 1. The van der Waals surface area contributed by atoms with Crippen LogP contribution in [0.1, 0.15) is 26.2 Å². The van der Waals surface area contributed by atoms with Gasteiger partial charge in [-0.05, 0) is 45.0 Å². The number of likely N-dealkylation sites (tertiary alicyclic amines) is 1. The van der Waals surface area contributed by atoms with Gasteiger partial charge in [0.15, 0.2) is 0 Å². The minimum absolute atomic E-state index is 0.0297. The number of carbonyl (C=O) groups excluding carboxylic acids is 3. The number of methoxy groups -OCH3 is 1. The average Bonchev–Trinajstić information content (AvgIpc) is 2.75. The fourth-order valence-electron chi connectivity index (χ4n) is 3.73. The molecule has 2 aliphatic heterocycles. The summed E-state index contributed by atoms with van der Waals surface area (Å²) in [5, 5.41) is 2.87. The van der Waals surface area contributed by atoms with Gasteiger partial charge in [0.2, 0.25) is 11.8 Å². The van der Waals surface area contributed by atoms with Crippen LogP contribution in [0.3, 0.4) is 0 Å². The zero-order valence-electron chi connectivity index (χ0n) is 15.2. The Kier molecular flexibility index (Phi) is 5.56. The molecule has 0 unspecified atom stereocenters. The van der Waals surface area contributed by atoms with E-state index >= 15 is 0 Å². The second kappa shape index (κ2) is 7.86. The van der Waals surface area contributed by atoms with E-state index in [2.05, 4.69) is 10.2 Å². The normalized spacial score (nSPS) is 21.5. The Labute approximate surface area is 153 Å². The molecule has 7 nitrogen and oxygen atoms in total. The van der Waals surface area contributed by atoms with E-state index < -0.39 is 0 Å². The molecule has 2 amide bonds. The maximum Gasteiger partial charge on any atom is 0.308 e. The van der Waals surface area contributed by atoms with Gasteiger partial charge in [0, 0.05) is 12.5 Å². The van der Waals surface area contributed by atoms with Crippen molar-refractivity contribution < 1.29 is 19.1 Å². The smallest absolute Gasteiger partial charge is 0.308 e. The first kappa shape index (κ1) is 18.4. The number of nitrogens with zero attached hydrogens (tertiary/aromatic N) is 2. The van der Waals surface area contributed by atoms with Crippen LogP contribution >= 0.6 is 0 Å². The molecular weight excluding hydrogens is 334 g/mol. The highest BCUT2D eigenvalue weighted by Gasteiger charge is 2.32. The Balaban J connectivity index is 1.69. The van der Waals surface area contributed by atoms with Crippen molar-refractivity contribution >= 4 is 29.2 Å². The molecule has 0 radical (unpaired) electrons. The molecule has 0 aliphatic carbocycles. The quantitative estimate of drug-likeness (QED) is 0.830. The van der Waals surface area contributed by atoms with Gasteiger partial charge in [0.1, 0.15) is 0 Å². The summed E-state index contributed by atoms with van der Waals surface area (Å²) in [4.78, 5) is 40.5. The van der Waals surface area contributed by atoms with E-state index in [4.69, 9.17) is 4.74 Å². The summed E-state index contributed by atoms with van der Waals surface area (Å²) in [5.74, 6) is -0.362. The standard InChI is InChI=1S/C19H25N3O4/c1-13-11-17(23)20-15-5-3-4-6-16(15)22(13)18(24)12-21-9-7-14(8-10-21)19(25)26-2/h3-6,13-14H,7-12H2,1-2H3,(H,20,23)/t13-/m0/s1. The number of anilines is 2. The van der Waals surface area contributed by atoms with Crippen LogP contribution in [0.4, 0.5) is 11.4 Å². The van der Waals surface area contributed by atoms with Crippen molar-refractivity contribution in [1.29, 1.82) is 0 Å². The van der Waals surface area contributed by atoms with Crippen molar-refractivity contribution in [2.75, 3.05) is 37.0 Å². The third-order valence-corrected chi connectivity index (χ3v) is 5.11. The molecule has 7 heteroatoms. The molecule has 0 aromatic heterocycles. The summed E-state index contributed by atoms with van der Waals surface area (Å²) in [5.41, 5.74) is 1.40. The predicted molar refractivity (Wildman–Crippen MR) is 97.8 cm³/mol. The van der Waals surface area contributed by atoms with Crippen LogP contribution in [0, 0.1) is 5.92 Å². The summed E-state index contributed by atoms with van der Waals surface area (Å²) >= 11 is 0. The maximum atomic E-state index is 13.0. The second-order valence-electron chi connectivity index (χ2n) is 6.96. The van der Waals surface area contributed by atoms with Crippen molar-refractivity contribution in [2.24, 2.45) is 5.92 Å². The molecular formula is C19H25N3O4. The number of hydrogen-bond donors (Lipinski definition) is 1. The number of carbonyl (C=O) groups is 3. The molecule has 3 rings (SSSR count). The largest absolute Gasteiger partial charge is 0.469 e. The van der Waals surface area contributed by atoms with Crippen LogP contribution in [-0.2, 0) is 19.1 Å². The highest BCUT2D eigenvalue weighted by Crippen LogP contribution is 2.31. The Hall–Kier alpha value is -2.41. The van der Waals surface area contributed by atoms with Gasteiger partial charge < -0.3 is 15.0 Å². The highest BCUT2D eigenvalue weighted by molar-refractivity contribution is 6.04. The highest BCUT2D eigenvalue weighted by atomic mass is 16.5. The number of benzene rings is 1. The van der Waals surface area contributed by atoms with Gasteiger partial charge >= 0.3 is 5.97 Å². The number of hydrogen-bond acceptors (Lipinski definition) is 5. The predicted octanol–water partition coefficient (Wildman–Crippen LogP) is 1.64. The first-order valence-electron chi connectivity index (χ1n) is 9.00. The topological polar surface area (TPSA) is 79.0 Å². The average molecular weight is 359 g/mol. The van der Waals surface area contributed by atoms with Crippen molar-refractivity contribution in [3.05, 3.63) is 24.3 Å². The van der Waals surface area contributed by atoms with Crippen LogP contribution in [0.5, 0.6) is 0 Å². The summed E-state index contributed by atoms with van der Waals surface area (Å²) in [6.07, 6.45) is 1.67. The van der Waals surface area contributed by atoms with Crippen molar-refractivity contribution in [3.8, 4) is 0 Å². The van der Waals surface area contributed by atoms with Crippen LogP contribution < -0.4 is 10.2 Å². The molecule has 1 aromatic carbocycles. The van der Waals surface area contributed by atoms with E-state index in [-0.39, 0.29) is 42.7 Å². The van der Waals surface area contributed by atoms with Gasteiger partial charge in [0.25, 0.3) is 0 Å². The molecule has 1 atom stereocenters. The van der Waals surface area contributed by atoms with E-state index in [1.807, 2.05) is 31.2 Å². The SMILES string of the molecule is COC(=O)C1CCN(CC(=O)N2c3ccccc3NC(=O)C[C@@H]2C)CC1. The van der Waals surface area contributed by atoms with Crippen LogP contribution in [0.15, 0.2) is 24.3 Å². The minimum Gasteiger partial charge on any atom is -0.469 e. The monoisotopic (exact) mass is 359 g/mol. The number of rotatable bonds is 3. The van der Waals surface area contributed by atoms with E-state index in [9.17, 15) is 14.4 Å². The summed E-state index contributed by atoms with van der Waals surface area (Å²) in [6.45, 7) is 3.54. The van der Waals surface area contributed by atoms with Crippen molar-refractivity contribution in [2.45, 2.75) is 32.2 Å². The summed E-state index contributed by atoms with van der Waals surface area (Å²) in [6, 6.07) is 7.17. The molecule has 0 spiro atoms. The van der Waals surface area contributed by atoms with Crippen LogP contribution in [-0.4, -0.2) is 55.5 Å². The van der Waals surface area contributed by atoms with E-state index in [0.29, 0.717) is 31.6 Å². The lowest BCUT2D eigenvalue weighted by molar-refractivity contribution is -0.147. The fourth-order valence-corrected chi connectivity index (χ4v) is 3.73. The van der Waals surface area contributed by atoms with Crippen molar-refractivity contribution in [3.63, 3.8) is 0 Å². The Morgan fingerprint density at radius 1 is 1.23 bits per heavy atom. The third kappa shape index (κ3) is 3.88. The van der Waals surface area contributed by atoms with Gasteiger partial charge in [-0.1, -0.05) is 12.1 Å². The molecule has 0 bridgehead atoms. The first-order valence-corrected chi connectivity index (χ1v) is 9.00. The Morgan fingerprint density at radius 2 is 1.92 bits per heavy atom. The number of para-hydroxylation sites is 2. The third-order valence-electron chi connectivity index (χ3n) is 5.11. The molecule has 2 heterocycles. The molecule has 26 heavy (non-hydrogen) atoms. The number of nitrogens with one attached hydrogen (secondary N) is 1. The van der Waals surface area contributed by atoms with Crippen molar-refractivity contribution in [1.82, 2.24) is 4.90 Å². The lowest BCUT2D eigenvalue weighted by Gasteiger charge is -2.33. The van der Waals surface area contributed by atoms with Gasteiger partial charge in [-0.3, -0.25) is 19.3 Å². The van der Waals surface area contributed by atoms with Gasteiger partial charge in [-0.15, -0.1) is 0 Å². The summed E-state index contributed by atoms with van der Waals surface area (Å²) in [7, 11) is 1.41. The lowest BCUT2D eigenvalue weighted by Crippen LogP contribution is -2.47. The second-order valence-corrected chi connectivity index (χ2v) is 6.96. The zero-order valence-corrected chi connectivity index (χ0v) is 15.2. The molecule has 1 aromatic rings.